The van der Waals surface area contributed by atoms with Gasteiger partial charge in [0.2, 0.25) is 0 Å². The number of hydrogen-bond donors (Lipinski definition) is 1. The molecule has 0 aliphatic rings. The summed E-state index contributed by atoms with van der Waals surface area (Å²) in [6.07, 6.45) is 0. The van der Waals surface area contributed by atoms with E-state index >= 15 is 0 Å². The topological polar surface area (TPSA) is 40.5 Å². The fraction of sp³-hybridized carbons (Fsp3) is 0.875. The summed E-state index contributed by atoms with van der Waals surface area (Å²) in [5.41, 5.74) is 0. The second-order valence-corrected chi connectivity index (χ2v) is 3.45. The number of hydrogen-bond acceptors (Lipinski definition) is 2. The maximum Gasteiger partial charge on any atom is 0.308 e. The third-order valence-electron chi connectivity index (χ3n) is 1.68. The molecule has 0 fully saturated rings. The lowest BCUT2D eigenvalue weighted by molar-refractivity contribution is -0.143. The van der Waals surface area contributed by atoms with Crippen molar-refractivity contribution in [3.8, 4) is 0 Å². The van der Waals surface area contributed by atoms with E-state index in [4.69, 9.17) is 5.11 Å². The monoisotopic (exact) mass is 159 g/mol. The zero-order valence-electron chi connectivity index (χ0n) is 7.66. The molecular weight excluding hydrogens is 142 g/mol. The lowest BCUT2D eigenvalue weighted by atomic mass is 9.96. The zero-order valence-corrected chi connectivity index (χ0v) is 7.66. The fourth-order valence-electron chi connectivity index (χ4n) is 0.967. The highest BCUT2D eigenvalue weighted by molar-refractivity contribution is 5.70. The average Bonchev–Trinajstić information content (AvgIpc) is 1.81. The van der Waals surface area contributed by atoms with Crippen molar-refractivity contribution in [2.45, 2.75) is 13.8 Å². The van der Waals surface area contributed by atoms with Crippen molar-refractivity contribution < 1.29 is 9.90 Å². The van der Waals surface area contributed by atoms with Crippen molar-refractivity contribution in [2.75, 3.05) is 20.6 Å². The molecule has 0 saturated heterocycles. The molecule has 0 spiro atoms. The normalized spacial score (nSPS) is 14.0. The summed E-state index contributed by atoms with van der Waals surface area (Å²) >= 11 is 0. The highest BCUT2D eigenvalue weighted by atomic mass is 16.4. The lowest BCUT2D eigenvalue weighted by Gasteiger charge is -2.19. The molecule has 0 aliphatic heterocycles. The first-order valence-electron chi connectivity index (χ1n) is 3.82. The van der Waals surface area contributed by atoms with Crippen LogP contribution in [0.3, 0.4) is 0 Å². The van der Waals surface area contributed by atoms with Gasteiger partial charge in [-0.25, -0.2) is 0 Å². The van der Waals surface area contributed by atoms with Crippen LogP contribution >= 0.6 is 0 Å². The van der Waals surface area contributed by atoms with Gasteiger partial charge in [0.05, 0.1) is 5.92 Å². The molecule has 66 valence electrons. The third-order valence-corrected chi connectivity index (χ3v) is 1.68. The molecule has 0 rings (SSSR count). The number of carbonyl (C=O) groups is 1. The largest absolute Gasteiger partial charge is 0.481 e. The fourth-order valence-corrected chi connectivity index (χ4v) is 0.967. The molecule has 0 amide bonds. The van der Waals surface area contributed by atoms with Crippen molar-refractivity contribution in [2.24, 2.45) is 11.8 Å². The molecule has 0 aromatic heterocycles. The molecule has 1 atom stereocenters. The highest BCUT2D eigenvalue weighted by Gasteiger charge is 2.21. The molecule has 0 aromatic carbocycles. The summed E-state index contributed by atoms with van der Waals surface area (Å²) in [5, 5.41) is 8.77. The Labute approximate surface area is 68.0 Å². The quantitative estimate of drug-likeness (QED) is 0.662. The van der Waals surface area contributed by atoms with Gasteiger partial charge in [-0.15, -0.1) is 0 Å². The second-order valence-electron chi connectivity index (χ2n) is 3.45. The summed E-state index contributed by atoms with van der Waals surface area (Å²) in [6.45, 7) is 4.48. The van der Waals surface area contributed by atoms with E-state index in [1.54, 1.807) is 0 Å². The number of nitrogens with zero attached hydrogens (tertiary/aromatic N) is 1. The molecule has 0 saturated carbocycles. The molecule has 1 N–H and O–H groups in total. The van der Waals surface area contributed by atoms with Gasteiger partial charge in [-0.05, 0) is 20.0 Å². The van der Waals surface area contributed by atoms with E-state index in [0.717, 1.165) is 0 Å². The van der Waals surface area contributed by atoms with Crippen LogP contribution in [0.4, 0.5) is 0 Å². The van der Waals surface area contributed by atoms with Crippen LogP contribution in [-0.4, -0.2) is 36.6 Å². The van der Waals surface area contributed by atoms with Gasteiger partial charge < -0.3 is 10.0 Å². The van der Waals surface area contributed by atoms with Crippen LogP contribution in [0.25, 0.3) is 0 Å². The summed E-state index contributed by atoms with van der Waals surface area (Å²) in [7, 11) is 3.77. The van der Waals surface area contributed by atoms with Gasteiger partial charge in [0, 0.05) is 6.54 Å². The van der Waals surface area contributed by atoms with E-state index in [1.165, 1.54) is 0 Å². The standard InChI is InChI=1S/C8H17NO2/c1-6(2)7(8(10)11)5-9(3)4/h6-7H,5H2,1-4H3,(H,10,11). The minimum atomic E-state index is -0.700. The summed E-state index contributed by atoms with van der Waals surface area (Å²) < 4.78 is 0. The predicted molar refractivity (Wildman–Crippen MR) is 44.5 cm³/mol. The Morgan fingerprint density at radius 1 is 1.45 bits per heavy atom. The Balaban J connectivity index is 4.01. The molecule has 1 unspecified atom stereocenters. The summed E-state index contributed by atoms with van der Waals surface area (Å²) in [6, 6.07) is 0. The number of carboxylic acid groups (broad SMARTS) is 1. The minimum Gasteiger partial charge on any atom is -0.481 e. The van der Waals surface area contributed by atoms with Crippen molar-refractivity contribution in [3.05, 3.63) is 0 Å². The van der Waals surface area contributed by atoms with Crippen molar-refractivity contribution >= 4 is 5.97 Å². The lowest BCUT2D eigenvalue weighted by Crippen LogP contribution is -2.31. The first-order chi connectivity index (χ1) is 4.95. The summed E-state index contributed by atoms with van der Waals surface area (Å²) in [4.78, 5) is 12.6. The van der Waals surface area contributed by atoms with E-state index in [2.05, 4.69) is 0 Å². The van der Waals surface area contributed by atoms with E-state index in [0.29, 0.717) is 6.54 Å². The second kappa shape index (κ2) is 4.34. The maximum atomic E-state index is 10.6. The van der Waals surface area contributed by atoms with Gasteiger partial charge in [-0.1, -0.05) is 13.8 Å². The Morgan fingerprint density at radius 3 is 2.00 bits per heavy atom. The van der Waals surface area contributed by atoms with Crippen molar-refractivity contribution in [1.82, 2.24) is 4.90 Å². The Bertz CT molecular complexity index is 132. The van der Waals surface area contributed by atoms with E-state index in [1.807, 2.05) is 32.8 Å². The highest BCUT2D eigenvalue weighted by Crippen LogP contribution is 2.11. The minimum absolute atomic E-state index is 0.204. The molecule has 0 aliphatic carbocycles. The van der Waals surface area contributed by atoms with Gasteiger partial charge in [-0.2, -0.15) is 0 Å². The SMILES string of the molecule is CC(C)C(CN(C)C)C(=O)O. The van der Waals surface area contributed by atoms with Crippen LogP contribution in [0, 0.1) is 11.8 Å². The van der Waals surface area contributed by atoms with E-state index in [-0.39, 0.29) is 11.8 Å². The Morgan fingerprint density at radius 2 is 1.91 bits per heavy atom. The zero-order chi connectivity index (χ0) is 9.02. The molecule has 0 radical (unpaired) electrons. The van der Waals surface area contributed by atoms with E-state index < -0.39 is 5.97 Å². The average molecular weight is 159 g/mol. The number of aliphatic carboxylic acids is 1. The smallest absolute Gasteiger partial charge is 0.308 e. The Kier molecular flexibility index (Phi) is 4.11. The van der Waals surface area contributed by atoms with Crippen LogP contribution in [0.15, 0.2) is 0 Å². The van der Waals surface area contributed by atoms with Crippen LogP contribution < -0.4 is 0 Å². The maximum absolute atomic E-state index is 10.6. The van der Waals surface area contributed by atoms with Gasteiger partial charge in [0.15, 0.2) is 0 Å². The summed E-state index contributed by atoms with van der Waals surface area (Å²) in [5.74, 6) is -0.742. The van der Waals surface area contributed by atoms with Gasteiger partial charge in [-0.3, -0.25) is 4.79 Å². The molecule has 3 heteroatoms. The van der Waals surface area contributed by atoms with Crippen LogP contribution in [-0.2, 0) is 4.79 Å². The first kappa shape index (κ1) is 10.4. The van der Waals surface area contributed by atoms with Crippen LogP contribution in [0.2, 0.25) is 0 Å². The predicted octanol–water partition coefficient (Wildman–Crippen LogP) is 0.905. The van der Waals surface area contributed by atoms with Gasteiger partial charge in [0.25, 0.3) is 0 Å². The third kappa shape index (κ3) is 3.98. The first-order valence-corrected chi connectivity index (χ1v) is 3.82. The molecule has 0 bridgehead atoms. The van der Waals surface area contributed by atoms with E-state index in [9.17, 15) is 4.79 Å². The number of carboxylic acids is 1. The van der Waals surface area contributed by atoms with Crippen molar-refractivity contribution in [1.29, 1.82) is 0 Å². The van der Waals surface area contributed by atoms with Crippen LogP contribution in [0.5, 0.6) is 0 Å². The molecule has 0 aromatic rings. The molecule has 11 heavy (non-hydrogen) atoms. The van der Waals surface area contributed by atoms with Gasteiger partial charge in [0.1, 0.15) is 0 Å². The van der Waals surface area contributed by atoms with Gasteiger partial charge >= 0.3 is 5.97 Å². The molecular formula is C8H17NO2. The van der Waals surface area contributed by atoms with Crippen molar-refractivity contribution in [3.63, 3.8) is 0 Å². The Hall–Kier alpha value is -0.570. The molecule has 3 nitrogen and oxygen atoms in total. The van der Waals surface area contributed by atoms with Crippen LogP contribution in [0.1, 0.15) is 13.8 Å². The number of rotatable bonds is 4. The molecule has 0 heterocycles.